The monoisotopic (exact) mass is 513 g/mol. The predicted molar refractivity (Wildman–Crippen MR) is 144 cm³/mol. The molecular formula is C30H31N3O5. The van der Waals surface area contributed by atoms with Crippen LogP contribution < -0.4 is 14.2 Å². The highest BCUT2D eigenvalue weighted by atomic mass is 16.5. The Hall–Kier alpha value is -4.46. The summed E-state index contributed by atoms with van der Waals surface area (Å²) in [6.45, 7) is 4.29. The van der Waals surface area contributed by atoms with E-state index in [1.165, 1.54) is 0 Å². The third-order valence-electron chi connectivity index (χ3n) is 7.06. The number of amides is 1. The van der Waals surface area contributed by atoms with Crippen LogP contribution in [0.1, 0.15) is 44.3 Å². The molecule has 1 amide bonds. The van der Waals surface area contributed by atoms with Gasteiger partial charge in [0.1, 0.15) is 22.9 Å². The van der Waals surface area contributed by atoms with E-state index in [9.17, 15) is 9.90 Å². The van der Waals surface area contributed by atoms with Gasteiger partial charge >= 0.3 is 0 Å². The molecule has 196 valence electrons. The van der Waals surface area contributed by atoms with Crippen molar-refractivity contribution in [3.63, 3.8) is 0 Å². The van der Waals surface area contributed by atoms with E-state index in [0.29, 0.717) is 47.2 Å². The van der Waals surface area contributed by atoms with E-state index in [1.54, 1.807) is 21.3 Å². The lowest BCUT2D eigenvalue weighted by atomic mass is 9.94. The maximum Gasteiger partial charge on any atom is 0.273 e. The number of carbonyl (C=O) groups is 1. The Bertz CT molecular complexity index is 1510. The molecule has 0 fully saturated rings. The molecule has 1 aliphatic rings. The van der Waals surface area contributed by atoms with Crippen LogP contribution in [0, 0.1) is 13.8 Å². The third-order valence-corrected chi connectivity index (χ3v) is 7.06. The first kappa shape index (κ1) is 25.2. The number of ether oxygens (including phenoxy) is 3. The number of benzene rings is 3. The van der Waals surface area contributed by atoms with E-state index >= 15 is 0 Å². The zero-order valence-corrected chi connectivity index (χ0v) is 22.2. The van der Waals surface area contributed by atoms with E-state index in [1.807, 2.05) is 73.3 Å². The van der Waals surface area contributed by atoms with Crippen molar-refractivity contribution in [1.82, 2.24) is 15.1 Å². The summed E-state index contributed by atoms with van der Waals surface area (Å²) in [5.41, 5.74) is 6.01. The Morgan fingerprint density at radius 1 is 0.974 bits per heavy atom. The number of nitrogens with zero attached hydrogens (tertiary/aromatic N) is 2. The van der Waals surface area contributed by atoms with Crippen LogP contribution in [0.3, 0.4) is 0 Å². The van der Waals surface area contributed by atoms with Crippen molar-refractivity contribution in [2.75, 3.05) is 27.9 Å². The number of phenolic OH excluding ortho intramolecular Hbond substituents is 1. The minimum atomic E-state index is -0.415. The number of H-pyrrole nitrogens is 1. The Morgan fingerprint density at radius 3 is 2.50 bits per heavy atom. The van der Waals surface area contributed by atoms with Gasteiger partial charge in [-0.15, -0.1) is 0 Å². The van der Waals surface area contributed by atoms with E-state index in [0.717, 1.165) is 27.8 Å². The number of carbonyl (C=O) groups excluding carboxylic acids is 1. The van der Waals surface area contributed by atoms with Gasteiger partial charge in [-0.05, 0) is 72.9 Å². The number of aryl methyl sites for hydroxylation is 2. The normalized spacial score (nSPS) is 14.5. The first-order valence-electron chi connectivity index (χ1n) is 12.4. The van der Waals surface area contributed by atoms with Crippen molar-refractivity contribution in [3.8, 4) is 34.3 Å². The molecule has 0 bridgehead atoms. The molecule has 0 radical (unpaired) electrons. The van der Waals surface area contributed by atoms with E-state index in [4.69, 9.17) is 14.2 Å². The smallest absolute Gasteiger partial charge is 0.273 e. The fraction of sp³-hybridized carbons (Fsp3) is 0.267. The summed E-state index contributed by atoms with van der Waals surface area (Å²) in [4.78, 5) is 15.6. The number of aromatic hydroxyl groups is 1. The number of nitrogens with one attached hydrogen (secondary N) is 1. The highest BCUT2D eigenvalue weighted by Gasteiger charge is 2.42. The summed E-state index contributed by atoms with van der Waals surface area (Å²) < 4.78 is 16.3. The summed E-state index contributed by atoms with van der Waals surface area (Å²) in [5, 5.41) is 18.4. The average molecular weight is 514 g/mol. The molecule has 2 N–H and O–H groups in total. The van der Waals surface area contributed by atoms with Crippen LogP contribution in [0.25, 0.3) is 11.3 Å². The second-order valence-corrected chi connectivity index (χ2v) is 9.46. The number of aromatic nitrogens is 2. The van der Waals surface area contributed by atoms with Crippen LogP contribution in [0.15, 0.2) is 54.6 Å². The number of methoxy groups -OCH3 is 3. The SMILES string of the molecule is COc1cccc([C@@H]2c3c(-c4cc(C)cc(C)c4O)n[nH]c3C(=O)N2CCc2ccc(OC)c(OC)c2)c1. The fourth-order valence-electron chi connectivity index (χ4n) is 5.22. The van der Waals surface area contributed by atoms with Gasteiger partial charge in [-0.25, -0.2) is 0 Å². The van der Waals surface area contributed by atoms with Gasteiger partial charge in [0.25, 0.3) is 5.91 Å². The van der Waals surface area contributed by atoms with E-state index in [2.05, 4.69) is 10.2 Å². The molecule has 1 atom stereocenters. The maximum atomic E-state index is 13.8. The van der Waals surface area contributed by atoms with Crippen LogP contribution in [0.4, 0.5) is 0 Å². The Balaban J connectivity index is 1.58. The summed E-state index contributed by atoms with van der Waals surface area (Å²) in [5.74, 6) is 2.01. The summed E-state index contributed by atoms with van der Waals surface area (Å²) in [6.07, 6.45) is 0.606. The average Bonchev–Trinajstić information content (AvgIpc) is 3.47. The van der Waals surface area contributed by atoms with Gasteiger partial charge < -0.3 is 24.2 Å². The molecule has 1 aliphatic heterocycles. The molecule has 0 spiro atoms. The molecule has 8 nitrogen and oxygen atoms in total. The molecule has 0 unspecified atom stereocenters. The van der Waals surface area contributed by atoms with Gasteiger partial charge in [-0.2, -0.15) is 5.10 Å². The van der Waals surface area contributed by atoms with Crippen LogP contribution in [0.5, 0.6) is 23.0 Å². The molecule has 0 saturated heterocycles. The first-order valence-corrected chi connectivity index (χ1v) is 12.4. The van der Waals surface area contributed by atoms with Crippen molar-refractivity contribution in [2.24, 2.45) is 0 Å². The van der Waals surface area contributed by atoms with Gasteiger partial charge in [-0.1, -0.05) is 24.3 Å². The Labute approximate surface area is 221 Å². The van der Waals surface area contributed by atoms with E-state index in [-0.39, 0.29) is 11.7 Å². The molecule has 8 heteroatoms. The van der Waals surface area contributed by atoms with Crippen molar-refractivity contribution in [2.45, 2.75) is 26.3 Å². The molecule has 3 aromatic carbocycles. The standard InChI is InChI=1S/C30H31N3O5/c1-17-13-18(2)29(34)22(14-17)26-25-27(32-31-26)30(35)33(28(25)20-7-6-8-21(16-20)36-3)12-11-19-9-10-23(37-4)24(15-19)38-5/h6-10,13-16,28,34H,11-12H2,1-5H3,(H,31,32)/t28-/m1/s1. The summed E-state index contributed by atoms with van der Waals surface area (Å²) in [7, 11) is 4.83. The lowest BCUT2D eigenvalue weighted by molar-refractivity contribution is 0.0745. The second kappa shape index (κ2) is 10.1. The summed E-state index contributed by atoms with van der Waals surface area (Å²) >= 11 is 0. The van der Waals surface area contributed by atoms with Crippen molar-refractivity contribution in [1.29, 1.82) is 0 Å². The number of hydrogen-bond acceptors (Lipinski definition) is 6. The van der Waals surface area contributed by atoms with Gasteiger partial charge in [0.05, 0.1) is 27.4 Å². The minimum absolute atomic E-state index is 0.143. The molecule has 1 aromatic heterocycles. The molecule has 0 aliphatic carbocycles. The van der Waals surface area contributed by atoms with Crippen LogP contribution in [-0.4, -0.2) is 54.0 Å². The van der Waals surface area contributed by atoms with Crippen LogP contribution in [0.2, 0.25) is 0 Å². The van der Waals surface area contributed by atoms with E-state index < -0.39 is 6.04 Å². The number of aromatic amines is 1. The fourth-order valence-corrected chi connectivity index (χ4v) is 5.22. The van der Waals surface area contributed by atoms with Crippen LogP contribution >= 0.6 is 0 Å². The highest BCUT2D eigenvalue weighted by Crippen LogP contribution is 2.45. The van der Waals surface area contributed by atoms with Gasteiger partial charge in [0, 0.05) is 17.7 Å². The van der Waals surface area contributed by atoms with Crippen molar-refractivity contribution >= 4 is 5.91 Å². The van der Waals surface area contributed by atoms with Crippen LogP contribution in [-0.2, 0) is 6.42 Å². The van der Waals surface area contributed by atoms with Gasteiger partial charge in [-0.3, -0.25) is 9.89 Å². The number of fused-ring (bicyclic) bond motifs is 1. The largest absolute Gasteiger partial charge is 0.507 e. The zero-order chi connectivity index (χ0) is 27.0. The summed E-state index contributed by atoms with van der Waals surface area (Å²) in [6, 6.07) is 16.9. The molecule has 5 rings (SSSR count). The number of phenols is 1. The third kappa shape index (κ3) is 4.32. The van der Waals surface area contributed by atoms with Crippen molar-refractivity contribution in [3.05, 3.63) is 88.1 Å². The Morgan fingerprint density at radius 2 is 1.76 bits per heavy atom. The second-order valence-electron chi connectivity index (χ2n) is 9.46. The molecule has 2 heterocycles. The minimum Gasteiger partial charge on any atom is -0.507 e. The van der Waals surface area contributed by atoms with Gasteiger partial charge in [0.15, 0.2) is 11.5 Å². The molecule has 38 heavy (non-hydrogen) atoms. The quantitative estimate of drug-likeness (QED) is 0.336. The predicted octanol–water partition coefficient (Wildman–Crippen LogP) is 5.21. The van der Waals surface area contributed by atoms with Gasteiger partial charge in [0.2, 0.25) is 0 Å². The Kier molecular flexibility index (Phi) is 6.72. The number of hydrogen-bond donors (Lipinski definition) is 2. The molecular weight excluding hydrogens is 482 g/mol. The zero-order valence-electron chi connectivity index (χ0n) is 22.2. The topological polar surface area (TPSA) is 96.9 Å². The first-order chi connectivity index (χ1) is 18.4. The molecule has 4 aromatic rings. The van der Waals surface area contributed by atoms with Crippen molar-refractivity contribution < 1.29 is 24.1 Å². The highest BCUT2D eigenvalue weighted by molar-refractivity contribution is 6.00. The molecule has 0 saturated carbocycles. The number of rotatable bonds is 8. The lowest BCUT2D eigenvalue weighted by Crippen LogP contribution is -2.31. The lowest BCUT2D eigenvalue weighted by Gasteiger charge is -2.27. The maximum absolute atomic E-state index is 13.8.